The van der Waals surface area contributed by atoms with Crippen LogP contribution in [-0.4, -0.2) is 60.1 Å². The number of carboxylic acid groups (broad SMARTS) is 1. The number of esters is 1. The maximum absolute atomic E-state index is 12.5. The van der Waals surface area contributed by atoms with Gasteiger partial charge in [0, 0.05) is 0 Å². The summed E-state index contributed by atoms with van der Waals surface area (Å²) in [6.07, 6.45) is 1.55. The standard InChI is InChI=1S/C17H29N3O6/c1-4-8-26-17(25)14(10(2)3)20-16(24)12(9-13(21)22)19-15(23)11-6-5-7-18-11/h10-12,14,18H,4-9H2,1-3H3,(H,19,23)(H,20,24)(H,21,22)/t11-,12+,14-/m1/s1. The van der Waals surface area contributed by atoms with Gasteiger partial charge in [0.15, 0.2) is 0 Å². The van der Waals surface area contributed by atoms with Crippen molar-refractivity contribution in [3.63, 3.8) is 0 Å². The second-order valence-electron chi connectivity index (χ2n) is 6.71. The van der Waals surface area contributed by atoms with E-state index in [0.717, 1.165) is 6.42 Å². The lowest BCUT2D eigenvalue weighted by atomic mass is 10.0. The zero-order valence-corrected chi connectivity index (χ0v) is 15.5. The van der Waals surface area contributed by atoms with E-state index in [9.17, 15) is 19.2 Å². The van der Waals surface area contributed by atoms with Crippen LogP contribution in [0.3, 0.4) is 0 Å². The lowest BCUT2D eigenvalue weighted by Crippen LogP contribution is -2.56. The van der Waals surface area contributed by atoms with Gasteiger partial charge < -0.3 is 25.8 Å². The number of carbonyl (C=O) groups excluding carboxylic acids is 3. The number of carboxylic acids is 1. The van der Waals surface area contributed by atoms with Crippen LogP contribution in [0.5, 0.6) is 0 Å². The van der Waals surface area contributed by atoms with Gasteiger partial charge in [-0.25, -0.2) is 4.79 Å². The van der Waals surface area contributed by atoms with Crippen molar-refractivity contribution in [3.05, 3.63) is 0 Å². The molecular formula is C17H29N3O6. The minimum atomic E-state index is -1.26. The number of ether oxygens (including phenoxy) is 1. The van der Waals surface area contributed by atoms with Crippen molar-refractivity contribution >= 4 is 23.8 Å². The summed E-state index contributed by atoms with van der Waals surface area (Å²) in [7, 11) is 0. The third-order valence-corrected chi connectivity index (χ3v) is 4.06. The molecule has 0 aromatic rings. The molecule has 1 saturated heterocycles. The number of hydrogen-bond donors (Lipinski definition) is 4. The van der Waals surface area contributed by atoms with Crippen LogP contribution in [0.4, 0.5) is 0 Å². The third kappa shape index (κ3) is 6.99. The normalized spacial score (nSPS) is 18.8. The maximum Gasteiger partial charge on any atom is 0.328 e. The molecule has 0 spiro atoms. The van der Waals surface area contributed by atoms with E-state index >= 15 is 0 Å². The number of nitrogens with one attached hydrogen (secondary N) is 3. The Hall–Kier alpha value is -2.16. The fraction of sp³-hybridized carbons (Fsp3) is 0.765. The van der Waals surface area contributed by atoms with Crippen LogP contribution >= 0.6 is 0 Å². The van der Waals surface area contributed by atoms with Crippen LogP contribution in [0.15, 0.2) is 0 Å². The molecule has 1 heterocycles. The van der Waals surface area contributed by atoms with Gasteiger partial charge in [0.25, 0.3) is 0 Å². The molecular weight excluding hydrogens is 342 g/mol. The predicted molar refractivity (Wildman–Crippen MR) is 93.2 cm³/mol. The minimum Gasteiger partial charge on any atom is -0.481 e. The Labute approximate surface area is 153 Å². The number of carbonyl (C=O) groups is 4. The molecule has 9 nitrogen and oxygen atoms in total. The average Bonchev–Trinajstić information content (AvgIpc) is 3.10. The number of rotatable bonds is 10. The molecule has 4 N–H and O–H groups in total. The van der Waals surface area contributed by atoms with Crippen molar-refractivity contribution in [1.29, 1.82) is 0 Å². The molecule has 1 rings (SSSR count). The summed E-state index contributed by atoms with van der Waals surface area (Å²) in [6.45, 7) is 6.27. The van der Waals surface area contributed by atoms with E-state index in [1.165, 1.54) is 0 Å². The first kappa shape index (κ1) is 21.9. The molecule has 0 saturated carbocycles. The molecule has 0 unspecified atom stereocenters. The van der Waals surface area contributed by atoms with Gasteiger partial charge in [0.2, 0.25) is 11.8 Å². The van der Waals surface area contributed by atoms with Crippen LogP contribution in [-0.2, 0) is 23.9 Å². The molecule has 1 aliphatic rings. The SMILES string of the molecule is CCCOC(=O)[C@H](NC(=O)[C@H](CC(=O)O)NC(=O)[C@H]1CCCN1)C(C)C. The quantitative estimate of drug-likeness (QED) is 0.390. The Balaban J connectivity index is 2.77. The smallest absolute Gasteiger partial charge is 0.328 e. The number of hydrogen-bond acceptors (Lipinski definition) is 6. The van der Waals surface area contributed by atoms with Gasteiger partial charge >= 0.3 is 11.9 Å². The lowest BCUT2D eigenvalue weighted by molar-refractivity contribution is -0.149. The monoisotopic (exact) mass is 371 g/mol. The van der Waals surface area contributed by atoms with E-state index in [4.69, 9.17) is 9.84 Å². The van der Waals surface area contributed by atoms with Gasteiger partial charge in [-0.3, -0.25) is 14.4 Å². The zero-order valence-electron chi connectivity index (χ0n) is 15.5. The van der Waals surface area contributed by atoms with E-state index < -0.39 is 48.3 Å². The molecule has 0 radical (unpaired) electrons. The van der Waals surface area contributed by atoms with Gasteiger partial charge in [-0.15, -0.1) is 0 Å². The highest BCUT2D eigenvalue weighted by Gasteiger charge is 2.32. The van der Waals surface area contributed by atoms with Crippen LogP contribution < -0.4 is 16.0 Å². The average molecular weight is 371 g/mol. The molecule has 0 aromatic heterocycles. The molecule has 2 amide bonds. The maximum atomic E-state index is 12.5. The highest BCUT2D eigenvalue weighted by molar-refractivity contribution is 5.94. The largest absolute Gasteiger partial charge is 0.481 e. The van der Waals surface area contributed by atoms with Crippen molar-refractivity contribution in [2.45, 2.75) is 64.6 Å². The Morgan fingerprint density at radius 3 is 2.42 bits per heavy atom. The van der Waals surface area contributed by atoms with Gasteiger partial charge in [-0.2, -0.15) is 0 Å². The first-order valence-electron chi connectivity index (χ1n) is 8.98. The Morgan fingerprint density at radius 2 is 1.92 bits per heavy atom. The van der Waals surface area contributed by atoms with Crippen LogP contribution in [0.2, 0.25) is 0 Å². The van der Waals surface area contributed by atoms with Crippen LogP contribution in [0.1, 0.15) is 46.5 Å². The fourth-order valence-electron chi connectivity index (χ4n) is 2.61. The first-order chi connectivity index (χ1) is 12.3. The molecule has 26 heavy (non-hydrogen) atoms. The van der Waals surface area contributed by atoms with Gasteiger partial charge in [0.05, 0.1) is 19.1 Å². The predicted octanol–water partition coefficient (Wildman–Crippen LogP) is -0.208. The van der Waals surface area contributed by atoms with Crippen LogP contribution in [0, 0.1) is 5.92 Å². The summed E-state index contributed by atoms with van der Waals surface area (Å²) < 4.78 is 5.07. The summed E-state index contributed by atoms with van der Waals surface area (Å²) in [5.74, 6) is -3.18. The summed E-state index contributed by atoms with van der Waals surface area (Å²) in [6, 6.07) is -2.61. The lowest BCUT2D eigenvalue weighted by Gasteiger charge is -2.24. The molecule has 148 valence electrons. The molecule has 9 heteroatoms. The fourth-order valence-corrected chi connectivity index (χ4v) is 2.61. The zero-order chi connectivity index (χ0) is 19.7. The Bertz CT molecular complexity index is 517. The van der Waals surface area contributed by atoms with Crippen molar-refractivity contribution in [3.8, 4) is 0 Å². The van der Waals surface area contributed by atoms with Crippen molar-refractivity contribution < 1.29 is 29.0 Å². The number of aliphatic carboxylic acids is 1. The van der Waals surface area contributed by atoms with E-state index in [1.54, 1.807) is 13.8 Å². The Morgan fingerprint density at radius 1 is 1.23 bits per heavy atom. The molecule has 3 atom stereocenters. The van der Waals surface area contributed by atoms with Crippen molar-refractivity contribution in [2.75, 3.05) is 13.2 Å². The summed E-state index contributed by atoms with van der Waals surface area (Å²) in [5, 5.41) is 17.0. The number of amides is 2. The highest BCUT2D eigenvalue weighted by atomic mass is 16.5. The molecule has 1 fully saturated rings. The van der Waals surface area contributed by atoms with E-state index in [-0.39, 0.29) is 12.5 Å². The van der Waals surface area contributed by atoms with Gasteiger partial charge in [0.1, 0.15) is 12.1 Å². The minimum absolute atomic E-state index is 0.237. The summed E-state index contributed by atoms with van der Waals surface area (Å²) in [4.78, 5) is 47.9. The second kappa shape index (κ2) is 10.7. The van der Waals surface area contributed by atoms with Gasteiger partial charge in [-0.05, 0) is 31.7 Å². The van der Waals surface area contributed by atoms with Crippen molar-refractivity contribution in [2.24, 2.45) is 5.92 Å². The molecule has 0 bridgehead atoms. The van der Waals surface area contributed by atoms with Gasteiger partial charge in [-0.1, -0.05) is 20.8 Å². The molecule has 0 aromatic carbocycles. The Kier molecular flexibility index (Phi) is 9.04. The first-order valence-corrected chi connectivity index (χ1v) is 8.98. The van der Waals surface area contributed by atoms with Crippen LogP contribution in [0.25, 0.3) is 0 Å². The highest BCUT2D eigenvalue weighted by Crippen LogP contribution is 2.08. The topological polar surface area (TPSA) is 134 Å². The van der Waals surface area contributed by atoms with E-state index in [0.29, 0.717) is 19.4 Å². The van der Waals surface area contributed by atoms with Crippen molar-refractivity contribution in [1.82, 2.24) is 16.0 Å². The molecule has 1 aliphatic heterocycles. The van der Waals surface area contributed by atoms with E-state index in [1.807, 2.05) is 6.92 Å². The molecule has 0 aliphatic carbocycles. The summed E-state index contributed by atoms with van der Waals surface area (Å²) in [5.41, 5.74) is 0. The third-order valence-electron chi connectivity index (χ3n) is 4.06. The summed E-state index contributed by atoms with van der Waals surface area (Å²) >= 11 is 0. The van der Waals surface area contributed by atoms with E-state index in [2.05, 4.69) is 16.0 Å². The second-order valence-corrected chi connectivity index (χ2v) is 6.71.